The predicted octanol–water partition coefficient (Wildman–Crippen LogP) is 9.18. The van der Waals surface area contributed by atoms with E-state index in [1.165, 1.54) is 61.0 Å². The first-order chi connectivity index (χ1) is 19.2. The van der Waals surface area contributed by atoms with E-state index in [0.717, 1.165) is 0 Å². The van der Waals surface area contributed by atoms with Crippen molar-refractivity contribution < 1.29 is 0 Å². The van der Waals surface area contributed by atoms with Gasteiger partial charge in [0.15, 0.2) is 0 Å². The van der Waals surface area contributed by atoms with Crippen LogP contribution in [0.5, 0.6) is 0 Å². The van der Waals surface area contributed by atoms with Gasteiger partial charge in [0.05, 0.1) is 11.4 Å². The normalized spacial score (nSPS) is 11.6. The van der Waals surface area contributed by atoms with E-state index in [4.69, 9.17) is 0 Å². The fourth-order valence-electron chi connectivity index (χ4n) is 6.44. The Morgan fingerprint density at radius 3 is 1.21 bits per heavy atom. The van der Waals surface area contributed by atoms with Crippen LogP contribution < -0.4 is 0 Å². The van der Waals surface area contributed by atoms with Crippen molar-refractivity contribution in [3.05, 3.63) is 156 Å². The third-order valence-electron chi connectivity index (χ3n) is 8.10. The Bertz CT molecular complexity index is 1790. The smallest absolute Gasteiger partial charge is 0.0530 e. The largest absolute Gasteiger partial charge is 0.343 e. The minimum atomic E-state index is 0.0220. The Balaban J connectivity index is 1.67. The standard InChI is InChI=1S/C37H30N2/c1-38-31-24-14-12-22-29(31)34(36(38)27-18-8-4-9-19-27)33(26-16-6-3-7-17-26)35-30-23-13-15-25-32(30)39(2)37(35)28-20-10-5-11-21-28/h3-25,33H,1-2H3. The Morgan fingerprint density at radius 1 is 0.410 bits per heavy atom. The summed E-state index contributed by atoms with van der Waals surface area (Å²) >= 11 is 0. The summed E-state index contributed by atoms with van der Waals surface area (Å²) in [5.74, 6) is 0.0220. The number of hydrogen-bond acceptors (Lipinski definition) is 0. The lowest BCUT2D eigenvalue weighted by Gasteiger charge is -2.23. The molecule has 0 atom stereocenters. The molecular weight excluding hydrogens is 472 g/mol. The Kier molecular flexibility index (Phi) is 5.67. The molecule has 0 N–H and O–H groups in total. The number of benzene rings is 5. The maximum atomic E-state index is 2.38. The molecule has 7 rings (SSSR count). The summed E-state index contributed by atoms with van der Waals surface area (Å²) in [7, 11) is 4.41. The molecule has 0 aliphatic carbocycles. The van der Waals surface area contributed by atoms with Crippen molar-refractivity contribution in [2.24, 2.45) is 14.1 Å². The molecule has 2 nitrogen and oxygen atoms in total. The Hall–Kier alpha value is -4.82. The molecule has 0 aliphatic heterocycles. The average molecular weight is 503 g/mol. The highest BCUT2D eigenvalue weighted by Gasteiger charge is 2.31. The van der Waals surface area contributed by atoms with Gasteiger partial charge >= 0.3 is 0 Å². The second kappa shape index (κ2) is 9.49. The van der Waals surface area contributed by atoms with E-state index in [2.05, 4.69) is 163 Å². The van der Waals surface area contributed by atoms with Gasteiger partial charge in [-0.3, -0.25) is 0 Å². The van der Waals surface area contributed by atoms with Crippen molar-refractivity contribution in [3.8, 4) is 22.5 Å². The number of aryl methyl sites for hydroxylation is 2. The Morgan fingerprint density at radius 2 is 0.769 bits per heavy atom. The predicted molar refractivity (Wildman–Crippen MR) is 164 cm³/mol. The lowest BCUT2D eigenvalue weighted by molar-refractivity contribution is 0.924. The molecule has 5 aromatic carbocycles. The third-order valence-corrected chi connectivity index (χ3v) is 8.10. The van der Waals surface area contributed by atoms with Gasteiger partial charge in [-0.05, 0) is 39.9 Å². The highest BCUT2D eigenvalue weighted by Crippen LogP contribution is 2.49. The van der Waals surface area contributed by atoms with Crippen molar-refractivity contribution in [3.63, 3.8) is 0 Å². The number of hydrogen-bond donors (Lipinski definition) is 0. The van der Waals surface area contributed by atoms with Gasteiger partial charge in [0, 0.05) is 41.8 Å². The van der Waals surface area contributed by atoms with Crippen LogP contribution >= 0.6 is 0 Å². The van der Waals surface area contributed by atoms with Crippen LogP contribution in [-0.2, 0) is 14.1 Å². The molecule has 7 aromatic rings. The van der Waals surface area contributed by atoms with Crippen molar-refractivity contribution in [2.75, 3.05) is 0 Å². The lowest BCUT2D eigenvalue weighted by Crippen LogP contribution is -2.07. The van der Waals surface area contributed by atoms with Gasteiger partial charge in [0.2, 0.25) is 0 Å². The van der Waals surface area contributed by atoms with E-state index in [1.807, 2.05) is 0 Å². The van der Waals surface area contributed by atoms with Crippen molar-refractivity contribution >= 4 is 21.8 Å². The molecule has 2 aromatic heterocycles. The summed E-state index contributed by atoms with van der Waals surface area (Å²) in [6.45, 7) is 0. The van der Waals surface area contributed by atoms with Crippen molar-refractivity contribution in [1.82, 2.24) is 9.13 Å². The Labute approximate surface area is 229 Å². The van der Waals surface area contributed by atoms with Crippen molar-refractivity contribution in [1.29, 1.82) is 0 Å². The van der Waals surface area contributed by atoms with Gasteiger partial charge in [0.25, 0.3) is 0 Å². The van der Waals surface area contributed by atoms with E-state index in [-0.39, 0.29) is 5.92 Å². The molecule has 0 aliphatic rings. The van der Waals surface area contributed by atoms with Gasteiger partial charge < -0.3 is 9.13 Å². The van der Waals surface area contributed by atoms with Crippen molar-refractivity contribution in [2.45, 2.75) is 5.92 Å². The number of rotatable bonds is 5. The van der Waals surface area contributed by atoms with Crippen LogP contribution in [0.25, 0.3) is 44.3 Å². The zero-order valence-corrected chi connectivity index (χ0v) is 22.3. The van der Waals surface area contributed by atoms with E-state index in [1.54, 1.807) is 0 Å². The summed E-state index contributed by atoms with van der Waals surface area (Å²) in [5.41, 5.74) is 11.5. The van der Waals surface area contributed by atoms with Crippen LogP contribution in [0.2, 0.25) is 0 Å². The molecule has 39 heavy (non-hydrogen) atoms. The number of para-hydroxylation sites is 2. The topological polar surface area (TPSA) is 9.86 Å². The summed E-state index contributed by atoms with van der Waals surface area (Å²) in [6, 6.07) is 50.4. The number of fused-ring (bicyclic) bond motifs is 2. The minimum Gasteiger partial charge on any atom is -0.343 e. The molecule has 0 saturated carbocycles. The first-order valence-corrected chi connectivity index (χ1v) is 13.5. The highest BCUT2D eigenvalue weighted by molar-refractivity contribution is 5.98. The van der Waals surface area contributed by atoms with E-state index in [9.17, 15) is 0 Å². The SMILES string of the molecule is Cn1c(-c2ccccc2)c(C(c2ccccc2)c2c(-c3ccccc3)n(C)c3ccccc23)c2ccccc21. The molecular formula is C37H30N2. The molecule has 2 heterocycles. The maximum Gasteiger partial charge on any atom is 0.0530 e. The van der Waals surface area contributed by atoms with Crippen LogP contribution in [0.3, 0.4) is 0 Å². The van der Waals surface area contributed by atoms with Gasteiger partial charge in [-0.2, -0.15) is 0 Å². The fourth-order valence-corrected chi connectivity index (χ4v) is 6.44. The molecule has 0 bridgehead atoms. The highest BCUT2D eigenvalue weighted by atomic mass is 15.0. The maximum absolute atomic E-state index is 2.38. The fraction of sp³-hybridized carbons (Fsp3) is 0.0811. The summed E-state index contributed by atoms with van der Waals surface area (Å²) in [4.78, 5) is 0. The summed E-state index contributed by atoms with van der Waals surface area (Å²) in [5, 5.41) is 2.58. The zero-order chi connectivity index (χ0) is 26.3. The number of nitrogens with zero attached hydrogens (tertiary/aromatic N) is 2. The molecule has 0 amide bonds. The first-order valence-electron chi connectivity index (χ1n) is 13.5. The van der Waals surface area contributed by atoms with Gasteiger partial charge in [-0.15, -0.1) is 0 Å². The molecule has 0 unspecified atom stereocenters. The summed E-state index contributed by atoms with van der Waals surface area (Å²) in [6.07, 6.45) is 0. The lowest BCUT2D eigenvalue weighted by atomic mass is 9.80. The van der Waals surface area contributed by atoms with Crippen LogP contribution in [0, 0.1) is 0 Å². The molecule has 188 valence electrons. The second-order valence-electron chi connectivity index (χ2n) is 10.3. The summed E-state index contributed by atoms with van der Waals surface area (Å²) < 4.78 is 4.76. The number of aromatic nitrogens is 2. The third kappa shape index (κ3) is 3.72. The first kappa shape index (κ1) is 23.3. The van der Waals surface area contributed by atoms with Crippen LogP contribution in [0.15, 0.2) is 140 Å². The van der Waals surface area contributed by atoms with Crippen LogP contribution in [0.1, 0.15) is 22.6 Å². The van der Waals surface area contributed by atoms with Crippen LogP contribution in [-0.4, -0.2) is 9.13 Å². The zero-order valence-electron chi connectivity index (χ0n) is 22.3. The molecule has 0 fully saturated rings. The van der Waals surface area contributed by atoms with Gasteiger partial charge in [-0.1, -0.05) is 127 Å². The molecule has 2 heteroatoms. The second-order valence-corrected chi connectivity index (χ2v) is 10.3. The average Bonchev–Trinajstić information content (AvgIpc) is 3.46. The molecule has 0 radical (unpaired) electrons. The minimum absolute atomic E-state index is 0.0220. The van der Waals surface area contributed by atoms with E-state index < -0.39 is 0 Å². The van der Waals surface area contributed by atoms with E-state index >= 15 is 0 Å². The van der Waals surface area contributed by atoms with Gasteiger partial charge in [0.1, 0.15) is 0 Å². The quantitative estimate of drug-likeness (QED) is 0.222. The monoisotopic (exact) mass is 502 g/mol. The van der Waals surface area contributed by atoms with E-state index in [0.29, 0.717) is 0 Å². The van der Waals surface area contributed by atoms with Gasteiger partial charge in [-0.25, -0.2) is 0 Å². The molecule has 0 saturated heterocycles. The molecule has 0 spiro atoms. The van der Waals surface area contributed by atoms with Crippen LogP contribution in [0.4, 0.5) is 0 Å².